The summed E-state index contributed by atoms with van der Waals surface area (Å²) in [6, 6.07) is 5.59. The monoisotopic (exact) mass is 382 g/mol. The van der Waals surface area contributed by atoms with Crippen LogP contribution in [0.5, 0.6) is 0 Å². The average Bonchev–Trinajstić information content (AvgIpc) is 2.52. The number of carbonyl (C=O) groups excluding carboxylic acids is 2. The molecule has 5 nitrogen and oxygen atoms in total. The van der Waals surface area contributed by atoms with Crippen LogP contribution in [-0.4, -0.2) is 30.7 Å². The molecule has 0 radical (unpaired) electrons. The molecule has 0 heterocycles. The average molecular weight is 383 g/mol. The van der Waals surface area contributed by atoms with Crippen molar-refractivity contribution in [3.63, 3.8) is 0 Å². The lowest BCUT2D eigenvalue weighted by Gasteiger charge is -2.29. The van der Waals surface area contributed by atoms with Crippen LogP contribution in [-0.2, 0) is 4.74 Å². The lowest BCUT2D eigenvalue weighted by molar-refractivity contribution is 0.0187. The van der Waals surface area contributed by atoms with Gasteiger partial charge in [0.05, 0.1) is 5.56 Å². The van der Waals surface area contributed by atoms with E-state index in [1.54, 1.807) is 6.07 Å². The van der Waals surface area contributed by atoms with Gasteiger partial charge in [-0.3, -0.25) is 0 Å². The van der Waals surface area contributed by atoms with Gasteiger partial charge >= 0.3 is 12.0 Å². The molecule has 0 aliphatic heterocycles. The zero-order chi connectivity index (χ0) is 16.8. The van der Waals surface area contributed by atoms with Crippen molar-refractivity contribution in [2.24, 2.45) is 0 Å². The summed E-state index contributed by atoms with van der Waals surface area (Å²) in [4.78, 5) is 23.8. The first-order valence-corrected chi connectivity index (χ1v) is 8.81. The predicted molar refractivity (Wildman–Crippen MR) is 92.5 cm³/mol. The van der Waals surface area contributed by atoms with Crippen LogP contribution in [0.1, 0.15) is 48.5 Å². The largest absolute Gasteiger partial charge is 0.459 e. The molecule has 0 unspecified atom stereocenters. The molecule has 23 heavy (non-hydrogen) atoms. The molecule has 1 aromatic rings. The van der Waals surface area contributed by atoms with E-state index in [0.29, 0.717) is 12.1 Å². The van der Waals surface area contributed by atoms with Gasteiger partial charge in [-0.25, -0.2) is 9.59 Å². The minimum absolute atomic E-state index is 0.0813. The summed E-state index contributed by atoms with van der Waals surface area (Å²) in [6.45, 7) is 4.45. The minimum atomic E-state index is -0.291. The van der Waals surface area contributed by atoms with E-state index in [1.165, 1.54) is 0 Å². The molecule has 0 aromatic heterocycles. The third kappa shape index (κ3) is 4.96. The number of amides is 2. The molecule has 1 saturated carbocycles. The van der Waals surface area contributed by atoms with Crippen LogP contribution in [0.4, 0.5) is 4.79 Å². The van der Waals surface area contributed by atoms with Crippen molar-refractivity contribution in [1.82, 2.24) is 10.6 Å². The zero-order valence-corrected chi connectivity index (χ0v) is 15.1. The third-order valence-electron chi connectivity index (χ3n) is 4.03. The van der Waals surface area contributed by atoms with E-state index < -0.39 is 0 Å². The van der Waals surface area contributed by atoms with Crippen molar-refractivity contribution >= 4 is 27.9 Å². The van der Waals surface area contributed by atoms with Crippen molar-refractivity contribution in [3.05, 3.63) is 33.8 Å². The van der Waals surface area contributed by atoms with Crippen LogP contribution in [0.15, 0.2) is 22.7 Å². The number of rotatable bonds is 4. The van der Waals surface area contributed by atoms with Crippen LogP contribution in [0.2, 0.25) is 0 Å². The summed E-state index contributed by atoms with van der Waals surface area (Å²) in [5.74, 6) is -0.291. The van der Waals surface area contributed by atoms with Gasteiger partial charge in [-0.05, 0) is 67.1 Å². The normalized spacial score (nSPS) is 20.7. The number of esters is 1. The van der Waals surface area contributed by atoms with Crippen LogP contribution in [0.3, 0.4) is 0 Å². The molecular weight excluding hydrogens is 360 g/mol. The number of hydrogen-bond donors (Lipinski definition) is 2. The van der Waals surface area contributed by atoms with Gasteiger partial charge < -0.3 is 15.4 Å². The summed E-state index contributed by atoms with van der Waals surface area (Å²) in [5, 5.41) is 5.67. The molecule has 126 valence electrons. The van der Waals surface area contributed by atoms with E-state index in [9.17, 15) is 9.59 Å². The van der Waals surface area contributed by atoms with Crippen LogP contribution >= 0.6 is 15.9 Å². The Labute approximate surface area is 145 Å². The van der Waals surface area contributed by atoms with E-state index in [2.05, 4.69) is 26.6 Å². The molecule has 0 spiro atoms. The van der Waals surface area contributed by atoms with Crippen molar-refractivity contribution in [2.75, 3.05) is 6.54 Å². The van der Waals surface area contributed by atoms with Gasteiger partial charge in [-0.2, -0.15) is 0 Å². The summed E-state index contributed by atoms with van der Waals surface area (Å²) in [5.41, 5.74) is 1.57. The molecule has 1 aromatic carbocycles. The SMILES string of the molecule is CCNC(=O)NC1CCC(OC(=O)c2cccc(C)c2Br)CC1. The predicted octanol–water partition coefficient (Wildman–Crippen LogP) is 3.54. The minimum Gasteiger partial charge on any atom is -0.459 e. The number of urea groups is 1. The van der Waals surface area contributed by atoms with Crippen molar-refractivity contribution in [1.29, 1.82) is 0 Å². The molecule has 0 atom stereocenters. The number of hydrogen-bond acceptors (Lipinski definition) is 3. The fraction of sp³-hybridized carbons (Fsp3) is 0.529. The molecule has 1 aliphatic carbocycles. The molecule has 0 bridgehead atoms. The molecule has 0 saturated heterocycles. The first kappa shape index (κ1) is 17.8. The first-order chi connectivity index (χ1) is 11.0. The number of halogens is 1. The number of ether oxygens (including phenoxy) is 1. The fourth-order valence-corrected chi connectivity index (χ4v) is 3.17. The molecule has 6 heteroatoms. The second-order valence-corrected chi connectivity index (χ2v) is 6.61. The van der Waals surface area contributed by atoms with Gasteiger partial charge in [0, 0.05) is 17.1 Å². The summed E-state index contributed by atoms with van der Waals surface area (Å²) >= 11 is 3.44. The Bertz CT molecular complexity index is 569. The van der Waals surface area contributed by atoms with Crippen LogP contribution < -0.4 is 10.6 Å². The molecule has 1 aliphatic rings. The highest BCUT2D eigenvalue weighted by Crippen LogP contribution is 2.25. The third-order valence-corrected chi connectivity index (χ3v) is 5.08. The van der Waals surface area contributed by atoms with E-state index >= 15 is 0 Å². The first-order valence-electron chi connectivity index (χ1n) is 8.01. The number of carbonyl (C=O) groups is 2. The summed E-state index contributed by atoms with van der Waals surface area (Å²) in [7, 11) is 0. The second-order valence-electron chi connectivity index (χ2n) is 5.82. The molecule has 2 rings (SSSR count). The maximum Gasteiger partial charge on any atom is 0.339 e. The maximum absolute atomic E-state index is 12.3. The summed E-state index contributed by atoms with van der Waals surface area (Å²) < 4.78 is 6.41. The van der Waals surface area contributed by atoms with Crippen molar-refractivity contribution in [3.8, 4) is 0 Å². The standard InChI is InChI=1S/C17H23BrN2O3/c1-3-19-17(22)20-12-7-9-13(10-8-12)23-16(21)14-6-4-5-11(2)15(14)18/h4-6,12-13H,3,7-10H2,1-2H3,(H2,19,20,22). The summed E-state index contributed by atoms with van der Waals surface area (Å²) in [6.07, 6.45) is 3.11. The topological polar surface area (TPSA) is 67.4 Å². The Hall–Kier alpha value is -1.56. The Morgan fingerprint density at radius 3 is 2.61 bits per heavy atom. The van der Waals surface area contributed by atoms with Crippen molar-refractivity contribution < 1.29 is 14.3 Å². The molecule has 1 fully saturated rings. The van der Waals surface area contributed by atoms with Gasteiger partial charge in [0.25, 0.3) is 0 Å². The number of benzene rings is 1. The number of aryl methyl sites for hydroxylation is 1. The highest BCUT2D eigenvalue weighted by Gasteiger charge is 2.26. The molecule has 2 amide bonds. The quantitative estimate of drug-likeness (QED) is 0.782. The lowest BCUT2D eigenvalue weighted by Crippen LogP contribution is -2.44. The van der Waals surface area contributed by atoms with Gasteiger partial charge in [0.15, 0.2) is 0 Å². The van der Waals surface area contributed by atoms with E-state index in [4.69, 9.17) is 4.74 Å². The van der Waals surface area contributed by atoms with Gasteiger partial charge in [-0.15, -0.1) is 0 Å². The fourth-order valence-electron chi connectivity index (χ4n) is 2.74. The van der Waals surface area contributed by atoms with Crippen LogP contribution in [0.25, 0.3) is 0 Å². The lowest BCUT2D eigenvalue weighted by atomic mass is 9.93. The van der Waals surface area contributed by atoms with E-state index in [1.807, 2.05) is 26.0 Å². The van der Waals surface area contributed by atoms with Crippen molar-refractivity contribution in [2.45, 2.75) is 51.7 Å². The highest BCUT2D eigenvalue weighted by atomic mass is 79.9. The maximum atomic E-state index is 12.3. The second kappa shape index (κ2) is 8.34. The van der Waals surface area contributed by atoms with E-state index in [0.717, 1.165) is 35.7 Å². The van der Waals surface area contributed by atoms with Gasteiger partial charge in [-0.1, -0.05) is 12.1 Å². The Morgan fingerprint density at radius 2 is 1.96 bits per heavy atom. The zero-order valence-electron chi connectivity index (χ0n) is 13.5. The van der Waals surface area contributed by atoms with Crippen LogP contribution in [0, 0.1) is 6.92 Å². The Kier molecular flexibility index (Phi) is 6.45. The molecule has 2 N–H and O–H groups in total. The smallest absolute Gasteiger partial charge is 0.339 e. The van der Waals surface area contributed by atoms with E-state index in [-0.39, 0.29) is 24.1 Å². The Morgan fingerprint density at radius 1 is 1.26 bits per heavy atom. The molecular formula is C17H23BrN2O3. The van der Waals surface area contributed by atoms with Gasteiger partial charge in [0.1, 0.15) is 6.10 Å². The number of nitrogens with one attached hydrogen (secondary N) is 2. The highest BCUT2D eigenvalue weighted by molar-refractivity contribution is 9.10. The van der Waals surface area contributed by atoms with Gasteiger partial charge in [0.2, 0.25) is 0 Å². The Balaban J connectivity index is 1.83.